The van der Waals surface area contributed by atoms with Crippen LogP contribution >= 0.6 is 0 Å². The van der Waals surface area contributed by atoms with Crippen molar-refractivity contribution in [2.45, 2.75) is 32.9 Å². The molecule has 1 atom stereocenters. The Morgan fingerprint density at radius 3 is 2.88 bits per heavy atom. The molecule has 0 aliphatic heterocycles. The van der Waals surface area contributed by atoms with Crippen molar-refractivity contribution in [2.24, 2.45) is 5.73 Å². The van der Waals surface area contributed by atoms with Crippen molar-refractivity contribution in [1.29, 1.82) is 0 Å². The summed E-state index contributed by atoms with van der Waals surface area (Å²) in [5.74, 6) is 0.562. The molecule has 1 aromatic carbocycles. The maximum Gasteiger partial charge on any atom is 0.126 e. The Balaban J connectivity index is 2.65. The highest BCUT2D eigenvalue weighted by atomic mass is 19.1. The molecule has 0 saturated heterocycles. The van der Waals surface area contributed by atoms with E-state index >= 15 is 0 Å². The molecular formula is C12H16FN3. The van der Waals surface area contributed by atoms with Crippen LogP contribution < -0.4 is 5.73 Å². The third kappa shape index (κ3) is 1.80. The number of halogens is 1. The van der Waals surface area contributed by atoms with Crippen LogP contribution in [0.15, 0.2) is 18.2 Å². The third-order valence-corrected chi connectivity index (χ3v) is 2.59. The lowest BCUT2D eigenvalue weighted by Crippen LogP contribution is -2.13. The quantitative estimate of drug-likeness (QED) is 0.865. The van der Waals surface area contributed by atoms with E-state index in [0.29, 0.717) is 5.52 Å². The van der Waals surface area contributed by atoms with Crippen LogP contribution in [-0.2, 0) is 6.54 Å². The Hall–Kier alpha value is -1.42. The highest BCUT2D eigenvalue weighted by Gasteiger charge is 2.13. The minimum atomic E-state index is -0.259. The van der Waals surface area contributed by atoms with Gasteiger partial charge >= 0.3 is 0 Å². The lowest BCUT2D eigenvalue weighted by atomic mass is 10.3. The first-order chi connectivity index (χ1) is 7.63. The van der Waals surface area contributed by atoms with Crippen molar-refractivity contribution >= 4 is 11.0 Å². The van der Waals surface area contributed by atoms with Crippen molar-refractivity contribution in [3.05, 3.63) is 29.8 Å². The third-order valence-electron chi connectivity index (χ3n) is 2.59. The van der Waals surface area contributed by atoms with Crippen molar-refractivity contribution in [3.8, 4) is 0 Å². The maximum absolute atomic E-state index is 13.1. The van der Waals surface area contributed by atoms with E-state index in [4.69, 9.17) is 5.73 Å². The predicted octanol–water partition coefficient (Wildman–Crippen LogP) is 2.61. The van der Waals surface area contributed by atoms with E-state index in [0.717, 1.165) is 24.3 Å². The Morgan fingerprint density at radius 1 is 1.50 bits per heavy atom. The molecule has 1 unspecified atom stereocenters. The Bertz CT molecular complexity index is 502. The van der Waals surface area contributed by atoms with Gasteiger partial charge in [0.1, 0.15) is 11.6 Å². The van der Waals surface area contributed by atoms with Gasteiger partial charge in [0.05, 0.1) is 17.1 Å². The number of rotatable bonds is 3. The zero-order valence-electron chi connectivity index (χ0n) is 9.57. The summed E-state index contributed by atoms with van der Waals surface area (Å²) < 4.78 is 15.2. The largest absolute Gasteiger partial charge is 0.327 e. The summed E-state index contributed by atoms with van der Waals surface area (Å²) in [5.41, 5.74) is 7.51. The molecule has 0 aliphatic carbocycles. The molecule has 4 heteroatoms. The second-order valence-corrected chi connectivity index (χ2v) is 4.04. The number of hydrogen-bond acceptors (Lipinski definition) is 2. The SMILES string of the molecule is CCCn1c(C(C)N)nc2cc(F)ccc21. The molecule has 0 radical (unpaired) electrons. The molecule has 2 rings (SSSR count). The Kier molecular flexibility index (Phi) is 2.92. The summed E-state index contributed by atoms with van der Waals surface area (Å²) in [6.07, 6.45) is 1.00. The topological polar surface area (TPSA) is 43.8 Å². The van der Waals surface area contributed by atoms with Crippen molar-refractivity contribution < 1.29 is 4.39 Å². The molecule has 0 aliphatic rings. The summed E-state index contributed by atoms with van der Waals surface area (Å²) >= 11 is 0. The first-order valence-electron chi connectivity index (χ1n) is 5.54. The number of aromatic nitrogens is 2. The van der Waals surface area contributed by atoms with Gasteiger partial charge in [-0.3, -0.25) is 0 Å². The molecular weight excluding hydrogens is 205 g/mol. The molecule has 0 fully saturated rings. The van der Waals surface area contributed by atoms with Gasteiger partial charge in [0.15, 0.2) is 0 Å². The van der Waals surface area contributed by atoms with Crippen LogP contribution in [-0.4, -0.2) is 9.55 Å². The van der Waals surface area contributed by atoms with Gasteiger partial charge in [-0.05, 0) is 25.5 Å². The van der Waals surface area contributed by atoms with Gasteiger partial charge in [0.25, 0.3) is 0 Å². The van der Waals surface area contributed by atoms with E-state index in [1.54, 1.807) is 6.07 Å². The first-order valence-corrected chi connectivity index (χ1v) is 5.54. The fraction of sp³-hybridized carbons (Fsp3) is 0.417. The van der Waals surface area contributed by atoms with Gasteiger partial charge in [-0.15, -0.1) is 0 Å². The van der Waals surface area contributed by atoms with Crippen LogP contribution in [0.5, 0.6) is 0 Å². The van der Waals surface area contributed by atoms with Gasteiger partial charge in [-0.25, -0.2) is 9.37 Å². The van der Waals surface area contributed by atoms with E-state index in [1.165, 1.54) is 12.1 Å². The molecule has 0 bridgehead atoms. The van der Waals surface area contributed by atoms with E-state index < -0.39 is 0 Å². The molecule has 1 heterocycles. The fourth-order valence-electron chi connectivity index (χ4n) is 1.93. The van der Waals surface area contributed by atoms with E-state index in [-0.39, 0.29) is 11.9 Å². The zero-order chi connectivity index (χ0) is 11.7. The zero-order valence-corrected chi connectivity index (χ0v) is 9.57. The second kappa shape index (κ2) is 4.22. The van der Waals surface area contributed by atoms with Crippen LogP contribution in [0.3, 0.4) is 0 Å². The highest BCUT2D eigenvalue weighted by Crippen LogP contribution is 2.21. The van der Waals surface area contributed by atoms with Crippen molar-refractivity contribution in [2.75, 3.05) is 0 Å². The smallest absolute Gasteiger partial charge is 0.126 e. The molecule has 86 valence electrons. The minimum Gasteiger partial charge on any atom is -0.327 e. The average Bonchev–Trinajstić information content (AvgIpc) is 2.57. The fourth-order valence-corrected chi connectivity index (χ4v) is 1.93. The van der Waals surface area contributed by atoms with Gasteiger partial charge in [0.2, 0.25) is 0 Å². The number of nitrogens with two attached hydrogens (primary N) is 1. The van der Waals surface area contributed by atoms with E-state index in [9.17, 15) is 4.39 Å². The summed E-state index contributed by atoms with van der Waals surface area (Å²) in [5, 5.41) is 0. The van der Waals surface area contributed by atoms with Gasteiger partial charge in [-0.2, -0.15) is 0 Å². The second-order valence-electron chi connectivity index (χ2n) is 4.04. The molecule has 1 aromatic heterocycles. The number of hydrogen-bond donors (Lipinski definition) is 1. The number of fused-ring (bicyclic) bond motifs is 1. The van der Waals surface area contributed by atoms with E-state index in [1.807, 2.05) is 6.92 Å². The van der Waals surface area contributed by atoms with Crippen LogP contribution in [0.2, 0.25) is 0 Å². The molecule has 0 amide bonds. The molecule has 0 saturated carbocycles. The standard InChI is InChI=1S/C12H16FN3/c1-3-6-16-11-5-4-9(13)7-10(11)15-12(16)8(2)14/h4-5,7-8H,3,6,14H2,1-2H3. The van der Waals surface area contributed by atoms with Gasteiger partial charge in [-0.1, -0.05) is 6.92 Å². The summed E-state index contributed by atoms with van der Waals surface area (Å²) in [6, 6.07) is 4.54. The van der Waals surface area contributed by atoms with Gasteiger partial charge in [0, 0.05) is 12.6 Å². The van der Waals surface area contributed by atoms with Crippen molar-refractivity contribution in [3.63, 3.8) is 0 Å². The van der Waals surface area contributed by atoms with Crippen LogP contribution in [0.4, 0.5) is 4.39 Å². The highest BCUT2D eigenvalue weighted by molar-refractivity contribution is 5.76. The molecule has 3 nitrogen and oxygen atoms in total. The Labute approximate surface area is 94.1 Å². The Morgan fingerprint density at radius 2 is 2.25 bits per heavy atom. The first kappa shape index (κ1) is 11.1. The predicted molar refractivity (Wildman–Crippen MR) is 62.6 cm³/mol. The maximum atomic E-state index is 13.1. The monoisotopic (exact) mass is 221 g/mol. The lowest BCUT2D eigenvalue weighted by Gasteiger charge is -2.09. The number of benzene rings is 1. The minimum absolute atomic E-state index is 0.137. The van der Waals surface area contributed by atoms with Gasteiger partial charge < -0.3 is 10.3 Å². The van der Waals surface area contributed by atoms with Crippen LogP contribution in [0, 0.1) is 5.82 Å². The number of aryl methyl sites for hydroxylation is 1. The molecule has 16 heavy (non-hydrogen) atoms. The molecule has 2 aromatic rings. The number of nitrogens with zero attached hydrogens (tertiary/aromatic N) is 2. The average molecular weight is 221 g/mol. The summed E-state index contributed by atoms with van der Waals surface area (Å²) in [7, 11) is 0. The normalized spacial score (nSPS) is 13.2. The molecule has 0 spiro atoms. The number of imidazole rings is 1. The summed E-state index contributed by atoms with van der Waals surface area (Å²) in [6.45, 7) is 4.85. The van der Waals surface area contributed by atoms with E-state index in [2.05, 4.69) is 16.5 Å². The molecule has 2 N–H and O–H groups in total. The lowest BCUT2D eigenvalue weighted by molar-refractivity contribution is 0.612. The summed E-state index contributed by atoms with van der Waals surface area (Å²) in [4.78, 5) is 4.39. The van der Waals surface area contributed by atoms with Crippen LogP contribution in [0.1, 0.15) is 32.1 Å². The van der Waals surface area contributed by atoms with Crippen LogP contribution in [0.25, 0.3) is 11.0 Å². The van der Waals surface area contributed by atoms with Crippen molar-refractivity contribution in [1.82, 2.24) is 9.55 Å².